The minimum Gasteiger partial charge on any atom is -0.381 e. The maximum Gasteiger partial charge on any atom is 0.0468 e. The molecule has 0 atom stereocenters. The zero-order valence-electron chi connectivity index (χ0n) is 12.1. The minimum absolute atomic E-state index is 0.392. The summed E-state index contributed by atoms with van der Waals surface area (Å²) in [5.41, 5.74) is 6.35. The molecule has 3 heteroatoms. The maximum absolute atomic E-state index is 5.95. The van der Waals surface area contributed by atoms with Gasteiger partial charge in [0.1, 0.15) is 0 Å². The molecule has 0 aromatic carbocycles. The Morgan fingerprint density at radius 2 is 1.67 bits per heavy atom. The zero-order chi connectivity index (χ0) is 13.0. The molecule has 1 saturated heterocycles. The van der Waals surface area contributed by atoms with Crippen LogP contribution in [0.2, 0.25) is 0 Å². The third-order valence-electron chi connectivity index (χ3n) is 4.94. The Hall–Kier alpha value is -0.120. The molecule has 0 unspecified atom stereocenters. The molecule has 106 valence electrons. The van der Waals surface area contributed by atoms with Gasteiger partial charge in [0.25, 0.3) is 0 Å². The average molecular weight is 254 g/mol. The molecule has 3 N–H and O–H groups in total. The first kappa shape index (κ1) is 14.3. The normalized spacial score (nSPS) is 31.5. The summed E-state index contributed by atoms with van der Waals surface area (Å²) in [6.07, 6.45) is 7.34. The molecule has 1 aliphatic heterocycles. The molecule has 1 heterocycles. The standard InChI is InChI=1S/C15H30N2O/c1-15(2,12-7-9-18-10-8-12)11-17-14-5-3-13(16)4-6-14/h12-14,17H,3-11,16H2,1-2H3. The van der Waals surface area contributed by atoms with Crippen molar-refractivity contribution in [3.05, 3.63) is 0 Å². The highest BCUT2D eigenvalue weighted by Crippen LogP contribution is 2.34. The van der Waals surface area contributed by atoms with Crippen LogP contribution in [-0.4, -0.2) is 31.8 Å². The van der Waals surface area contributed by atoms with E-state index >= 15 is 0 Å². The Balaban J connectivity index is 1.73. The second-order valence-electron chi connectivity index (χ2n) is 6.87. The summed E-state index contributed by atoms with van der Waals surface area (Å²) in [5.74, 6) is 0.810. The van der Waals surface area contributed by atoms with Gasteiger partial charge in [0.05, 0.1) is 0 Å². The van der Waals surface area contributed by atoms with Crippen molar-refractivity contribution < 1.29 is 4.74 Å². The van der Waals surface area contributed by atoms with E-state index in [-0.39, 0.29) is 0 Å². The molecular formula is C15H30N2O. The van der Waals surface area contributed by atoms with E-state index < -0.39 is 0 Å². The van der Waals surface area contributed by atoms with Crippen molar-refractivity contribution in [1.82, 2.24) is 5.32 Å². The topological polar surface area (TPSA) is 47.3 Å². The Morgan fingerprint density at radius 3 is 2.28 bits per heavy atom. The van der Waals surface area contributed by atoms with Crippen LogP contribution in [0.15, 0.2) is 0 Å². The van der Waals surface area contributed by atoms with E-state index in [2.05, 4.69) is 19.2 Å². The SMILES string of the molecule is CC(C)(CNC1CCC(N)CC1)C1CCOCC1. The summed E-state index contributed by atoms with van der Waals surface area (Å²) in [4.78, 5) is 0. The van der Waals surface area contributed by atoms with Gasteiger partial charge in [-0.25, -0.2) is 0 Å². The number of nitrogens with one attached hydrogen (secondary N) is 1. The molecule has 1 saturated carbocycles. The zero-order valence-corrected chi connectivity index (χ0v) is 12.1. The van der Waals surface area contributed by atoms with E-state index in [1.807, 2.05) is 0 Å². The van der Waals surface area contributed by atoms with Crippen LogP contribution in [0.1, 0.15) is 52.4 Å². The summed E-state index contributed by atoms with van der Waals surface area (Å²) in [6.45, 7) is 7.85. The van der Waals surface area contributed by atoms with Gasteiger partial charge in [-0.3, -0.25) is 0 Å². The fourth-order valence-electron chi connectivity index (χ4n) is 3.35. The number of ether oxygens (including phenoxy) is 1. The molecule has 0 amide bonds. The van der Waals surface area contributed by atoms with E-state index in [4.69, 9.17) is 10.5 Å². The van der Waals surface area contributed by atoms with Crippen LogP contribution in [0, 0.1) is 11.3 Å². The van der Waals surface area contributed by atoms with E-state index in [0.29, 0.717) is 17.5 Å². The summed E-state index contributed by atoms with van der Waals surface area (Å²) in [6, 6.07) is 1.15. The van der Waals surface area contributed by atoms with E-state index in [1.54, 1.807) is 0 Å². The lowest BCUT2D eigenvalue weighted by Crippen LogP contribution is -2.44. The van der Waals surface area contributed by atoms with Crippen LogP contribution >= 0.6 is 0 Å². The Morgan fingerprint density at radius 1 is 1.06 bits per heavy atom. The Labute approximate surface area is 112 Å². The highest BCUT2D eigenvalue weighted by molar-refractivity contribution is 4.85. The third kappa shape index (κ3) is 3.94. The Kier molecular flexibility index (Phi) is 5.05. The first-order valence-electron chi connectivity index (χ1n) is 7.64. The Bertz CT molecular complexity index is 241. The lowest BCUT2D eigenvalue weighted by Gasteiger charge is -2.39. The van der Waals surface area contributed by atoms with Crippen molar-refractivity contribution in [1.29, 1.82) is 0 Å². The summed E-state index contributed by atoms with van der Waals surface area (Å²) in [7, 11) is 0. The molecule has 0 radical (unpaired) electrons. The van der Waals surface area contributed by atoms with Gasteiger partial charge in [-0.15, -0.1) is 0 Å². The van der Waals surface area contributed by atoms with E-state index in [1.165, 1.54) is 38.5 Å². The molecule has 0 aromatic rings. The molecule has 2 fully saturated rings. The van der Waals surface area contributed by atoms with Crippen LogP contribution in [0.3, 0.4) is 0 Å². The van der Waals surface area contributed by atoms with Gasteiger partial charge in [-0.05, 0) is 49.9 Å². The largest absolute Gasteiger partial charge is 0.381 e. The number of rotatable bonds is 4. The molecular weight excluding hydrogens is 224 g/mol. The summed E-state index contributed by atoms with van der Waals surface area (Å²) in [5, 5.41) is 3.78. The quantitative estimate of drug-likeness (QED) is 0.809. The molecule has 2 rings (SSSR count). The second kappa shape index (κ2) is 6.36. The fraction of sp³-hybridized carbons (Fsp3) is 1.00. The molecule has 0 aromatic heterocycles. The highest BCUT2D eigenvalue weighted by Gasteiger charge is 2.31. The van der Waals surface area contributed by atoms with Crippen LogP contribution in [0.4, 0.5) is 0 Å². The monoisotopic (exact) mass is 254 g/mol. The lowest BCUT2D eigenvalue weighted by molar-refractivity contribution is 0.0215. The third-order valence-corrected chi connectivity index (χ3v) is 4.94. The van der Waals surface area contributed by atoms with Gasteiger partial charge in [-0.1, -0.05) is 13.8 Å². The van der Waals surface area contributed by atoms with Crippen molar-refractivity contribution in [2.24, 2.45) is 17.1 Å². The first-order chi connectivity index (χ1) is 8.58. The number of nitrogens with two attached hydrogens (primary N) is 1. The van der Waals surface area contributed by atoms with Gasteiger partial charge >= 0.3 is 0 Å². The van der Waals surface area contributed by atoms with Crippen LogP contribution < -0.4 is 11.1 Å². The van der Waals surface area contributed by atoms with Crippen molar-refractivity contribution >= 4 is 0 Å². The fourth-order valence-corrected chi connectivity index (χ4v) is 3.35. The second-order valence-corrected chi connectivity index (χ2v) is 6.87. The highest BCUT2D eigenvalue weighted by atomic mass is 16.5. The van der Waals surface area contributed by atoms with Crippen molar-refractivity contribution in [2.75, 3.05) is 19.8 Å². The molecule has 18 heavy (non-hydrogen) atoms. The van der Waals surface area contributed by atoms with Crippen LogP contribution in [0.5, 0.6) is 0 Å². The lowest BCUT2D eigenvalue weighted by atomic mass is 9.74. The minimum atomic E-state index is 0.392. The maximum atomic E-state index is 5.95. The van der Waals surface area contributed by atoms with Crippen LogP contribution in [-0.2, 0) is 4.74 Å². The number of hydrogen-bond donors (Lipinski definition) is 2. The molecule has 2 aliphatic rings. The summed E-state index contributed by atoms with van der Waals surface area (Å²) < 4.78 is 5.47. The first-order valence-corrected chi connectivity index (χ1v) is 7.64. The molecule has 0 bridgehead atoms. The van der Waals surface area contributed by atoms with Gasteiger partial charge in [0, 0.05) is 31.8 Å². The van der Waals surface area contributed by atoms with Gasteiger partial charge in [0.15, 0.2) is 0 Å². The van der Waals surface area contributed by atoms with Gasteiger partial charge < -0.3 is 15.8 Å². The smallest absolute Gasteiger partial charge is 0.0468 e. The summed E-state index contributed by atoms with van der Waals surface area (Å²) >= 11 is 0. The number of hydrogen-bond acceptors (Lipinski definition) is 3. The van der Waals surface area contributed by atoms with Crippen molar-refractivity contribution in [3.8, 4) is 0 Å². The molecule has 0 spiro atoms. The van der Waals surface area contributed by atoms with Crippen molar-refractivity contribution in [2.45, 2.75) is 64.5 Å². The molecule has 3 nitrogen and oxygen atoms in total. The van der Waals surface area contributed by atoms with Gasteiger partial charge in [0.2, 0.25) is 0 Å². The van der Waals surface area contributed by atoms with E-state index in [0.717, 1.165) is 25.7 Å². The average Bonchev–Trinajstić information content (AvgIpc) is 2.39. The predicted molar refractivity (Wildman–Crippen MR) is 75.6 cm³/mol. The predicted octanol–water partition coefficient (Wildman–Crippen LogP) is 2.30. The van der Waals surface area contributed by atoms with E-state index in [9.17, 15) is 0 Å². The van der Waals surface area contributed by atoms with Crippen LogP contribution in [0.25, 0.3) is 0 Å². The van der Waals surface area contributed by atoms with Gasteiger partial charge in [-0.2, -0.15) is 0 Å². The molecule has 1 aliphatic carbocycles. The van der Waals surface area contributed by atoms with Crippen molar-refractivity contribution in [3.63, 3.8) is 0 Å².